The normalized spacial score (nSPS) is 18.4. The highest BCUT2D eigenvalue weighted by Crippen LogP contribution is 2.40. The average Bonchev–Trinajstić information content (AvgIpc) is 3.45. The first-order valence-corrected chi connectivity index (χ1v) is 16.4. The molecule has 2 amide bonds. The molecule has 2 heterocycles. The van der Waals surface area contributed by atoms with Gasteiger partial charge in [-0.1, -0.05) is 66.7 Å². The highest BCUT2D eigenvalue weighted by molar-refractivity contribution is 8.01. The second-order valence-electron chi connectivity index (χ2n) is 10.6. The molecular weight excluding hydrogens is 583 g/mol. The molecule has 1 aromatic heterocycles. The number of para-hydroxylation sites is 1. The van der Waals surface area contributed by atoms with E-state index >= 15 is 0 Å². The number of aromatic nitrogens is 1. The molecule has 0 saturated carbocycles. The topological polar surface area (TPSA) is 110 Å². The molecule has 5 rings (SSSR count). The summed E-state index contributed by atoms with van der Waals surface area (Å²) in [5, 5.41) is 15.2. The van der Waals surface area contributed by atoms with Crippen molar-refractivity contribution in [3.8, 4) is 0 Å². The van der Waals surface area contributed by atoms with E-state index in [1.807, 2.05) is 66.7 Å². The first-order chi connectivity index (χ1) is 21.0. The van der Waals surface area contributed by atoms with Gasteiger partial charge in [-0.25, -0.2) is 4.98 Å². The largest absolute Gasteiger partial charge is 0.392 e. The third-order valence-electron chi connectivity index (χ3n) is 7.20. The summed E-state index contributed by atoms with van der Waals surface area (Å²) >= 11 is 3.39. The molecule has 0 radical (unpaired) electrons. The highest BCUT2D eigenvalue weighted by Gasteiger charge is 2.32. The minimum atomic E-state index is -0.564. The van der Waals surface area contributed by atoms with Crippen molar-refractivity contribution in [1.82, 2.24) is 10.3 Å². The van der Waals surface area contributed by atoms with Gasteiger partial charge in [0.1, 0.15) is 0 Å². The number of fused-ring (bicyclic) bond motifs is 1. The monoisotopic (exact) mass is 619 g/mol. The molecule has 43 heavy (non-hydrogen) atoms. The van der Waals surface area contributed by atoms with E-state index in [0.29, 0.717) is 19.4 Å². The van der Waals surface area contributed by atoms with Crippen LogP contribution in [-0.4, -0.2) is 40.3 Å². The molecule has 226 valence electrons. The lowest BCUT2D eigenvalue weighted by Crippen LogP contribution is -2.31. The van der Waals surface area contributed by atoms with Gasteiger partial charge in [-0.3, -0.25) is 9.59 Å². The number of rotatable bonds is 13. The van der Waals surface area contributed by atoms with Crippen molar-refractivity contribution in [1.29, 1.82) is 0 Å². The summed E-state index contributed by atoms with van der Waals surface area (Å²) in [4.78, 5) is 28.1. The number of unbranched alkanes of at least 4 members (excludes halogenated alkanes) is 2. The number of aliphatic hydroxyl groups excluding tert-OH is 1. The lowest BCUT2D eigenvalue weighted by atomic mass is 10.0. The summed E-state index contributed by atoms with van der Waals surface area (Å²) in [6, 6.07) is 23.6. The lowest BCUT2D eigenvalue weighted by molar-refractivity contribution is -0.245. The highest BCUT2D eigenvalue weighted by atomic mass is 32.2. The van der Waals surface area contributed by atoms with Crippen LogP contribution in [0.25, 0.3) is 10.2 Å². The molecule has 0 spiro atoms. The van der Waals surface area contributed by atoms with Crippen molar-refractivity contribution >= 4 is 50.8 Å². The molecule has 4 aromatic rings. The number of amides is 2. The number of nitrogens with zero attached hydrogens (tertiary/aromatic N) is 1. The van der Waals surface area contributed by atoms with Crippen LogP contribution in [0.15, 0.2) is 77.1 Å². The Balaban J connectivity index is 1.20. The third-order valence-corrected chi connectivity index (χ3v) is 9.51. The van der Waals surface area contributed by atoms with Gasteiger partial charge in [0.05, 0.1) is 29.0 Å². The maximum absolute atomic E-state index is 12.4. The van der Waals surface area contributed by atoms with E-state index in [1.54, 1.807) is 23.1 Å². The van der Waals surface area contributed by atoms with Gasteiger partial charge >= 0.3 is 0 Å². The molecule has 0 aliphatic carbocycles. The standard InChI is InChI=1S/C33H37N3O5S2/c1-22(38)34-18-6-2-3-9-31(39)35-26-16-14-25(15-17-26)32-40-27(19-29(41-32)24-12-10-23(20-37)11-13-24)21-42-33-36-28-7-4-5-8-30(28)43-33/h4-5,7-8,10-17,27,29,32,37H,2-3,6,9,18-21H2,1H3,(H,34,38)(H,35,39). The summed E-state index contributed by atoms with van der Waals surface area (Å²) < 4.78 is 15.1. The minimum absolute atomic E-state index is 0.000459. The Morgan fingerprint density at radius 1 is 0.977 bits per heavy atom. The third kappa shape index (κ3) is 9.11. The molecule has 1 saturated heterocycles. The number of hydrogen-bond acceptors (Lipinski definition) is 8. The smallest absolute Gasteiger partial charge is 0.224 e. The van der Waals surface area contributed by atoms with Crippen LogP contribution in [-0.2, 0) is 25.7 Å². The number of thioether (sulfide) groups is 1. The van der Waals surface area contributed by atoms with Crippen molar-refractivity contribution in [2.75, 3.05) is 17.6 Å². The van der Waals surface area contributed by atoms with Crippen molar-refractivity contribution in [3.05, 3.63) is 89.5 Å². The zero-order valence-electron chi connectivity index (χ0n) is 24.2. The molecule has 10 heteroatoms. The van der Waals surface area contributed by atoms with Crippen LogP contribution >= 0.6 is 23.1 Å². The molecule has 1 aliphatic heterocycles. The number of nitrogens with one attached hydrogen (secondary N) is 2. The van der Waals surface area contributed by atoms with Gasteiger partial charge in [0, 0.05) is 43.3 Å². The molecule has 1 fully saturated rings. The molecular formula is C33H37N3O5S2. The molecule has 3 unspecified atom stereocenters. The molecule has 1 aliphatic rings. The van der Waals surface area contributed by atoms with Gasteiger partial charge in [-0.2, -0.15) is 0 Å². The van der Waals surface area contributed by atoms with Gasteiger partial charge in [0.25, 0.3) is 0 Å². The zero-order chi connectivity index (χ0) is 30.0. The second-order valence-corrected chi connectivity index (χ2v) is 12.9. The number of ether oxygens (including phenoxy) is 2. The van der Waals surface area contributed by atoms with Crippen molar-refractivity contribution in [3.63, 3.8) is 0 Å². The van der Waals surface area contributed by atoms with E-state index in [-0.39, 0.29) is 30.6 Å². The van der Waals surface area contributed by atoms with E-state index < -0.39 is 6.29 Å². The molecule has 8 nitrogen and oxygen atoms in total. The second kappa shape index (κ2) is 15.4. The van der Waals surface area contributed by atoms with Crippen LogP contribution in [0.1, 0.15) is 68.1 Å². The number of carbonyl (C=O) groups is 2. The Bertz CT molecular complexity index is 1460. The van der Waals surface area contributed by atoms with Gasteiger partial charge < -0.3 is 25.2 Å². The maximum Gasteiger partial charge on any atom is 0.224 e. The van der Waals surface area contributed by atoms with Gasteiger partial charge in [0.15, 0.2) is 10.6 Å². The number of thiazole rings is 1. The van der Waals surface area contributed by atoms with E-state index in [1.165, 1.54) is 11.6 Å². The fraction of sp³-hybridized carbons (Fsp3) is 0.364. The van der Waals surface area contributed by atoms with Gasteiger partial charge in [-0.05, 0) is 48.2 Å². The zero-order valence-corrected chi connectivity index (χ0v) is 25.8. The Morgan fingerprint density at radius 2 is 1.74 bits per heavy atom. The van der Waals surface area contributed by atoms with Crippen molar-refractivity contribution < 1.29 is 24.2 Å². The SMILES string of the molecule is CC(=O)NCCCCCC(=O)Nc1ccc(C2OC(CSc3nc4ccccc4s3)CC(c3ccc(CO)cc3)O2)cc1. The van der Waals surface area contributed by atoms with E-state index in [0.717, 1.165) is 57.2 Å². The van der Waals surface area contributed by atoms with E-state index in [2.05, 4.69) is 16.7 Å². The molecule has 3 aromatic carbocycles. The van der Waals surface area contributed by atoms with Gasteiger partial charge in [0.2, 0.25) is 11.8 Å². The number of hydrogen-bond donors (Lipinski definition) is 3. The lowest BCUT2D eigenvalue weighted by Gasteiger charge is -2.36. The molecule has 0 bridgehead atoms. The first kappa shape index (κ1) is 31.2. The average molecular weight is 620 g/mol. The van der Waals surface area contributed by atoms with Crippen LogP contribution in [0, 0.1) is 0 Å². The van der Waals surface area contributed by atoms with Gasteiger partial charge in [-0.15, -0.1) is 11.3 Å². The summed E-state index contributed by atoms with van der Waals surface area (Å²) in [5.74, 6) is 0.677. The maximum atomic E-state index is 12.4. The number of benzene rings is 3. The van der Waals surface area contributed by atoms with Crippen molar-refractivity contribution in [2.45, 2.75) is 68.5 Å². The predicted molar refractivity (Wildman–Crippen MR) is 171 cm³/mol. The minimum Gasteiger partial charge on any atom is -0.392 e. The summed E-state index contributed by atoms with van der Waals surface area (Å²) in [7, 11) is 0. The summed E-state index contributed by atoms with van der Waals surface area (Å²) in [5.41, 5.74) is 4.51. The van der Waals surface area contributed by atoms with Crippen LogP contribution in [0.2, 0.25) is 0 Å². The first-order valence-electron chi connectivity index (χ1n) is 14.6. The fourth-order valence-corrected chi connectivity index (χ4v) is 7.01. The molecule has 3 N–H and O–H groups in total. The van der Waals surface area contributed by atoms with E-state index in [9.17, 15) is 14.7 Å². The Morgan fingerprint density at radius 3 is 2.49 bits per heavy atom. The summed E-state index contributed by atoms with van der Waals surface area (Å²) in [6.07, 6.45) is 2.84. The molecule has 3 atom stereocenters. The fourth-order valence-electron chi connectivity index (χ4n) is 4.90. The quantitative estimate of drug-likeness (QED) is 0.112. The van der Waals surface area contributed by atoms with Crippen LogP contribution in [0.4, 0.5) is 5.69 Å². The van der Waals surface area contributed by atoms with Crippen LogP contribution < -0.4 is 10.6 Å². The van der Waals surface area contributed by atoms with Crippen molar-refractivity contribution in [2.24, 2.45) is 0 Å². The number of carbonyl (C=O) groups excluding carboxylic acids is 2. The van der Waals surface area contributed by atoms with Crippen LogP contribution in [0.3, 0.4) is 0 Å². The predicted octanol–water partition coefficient (Wildman–Crippen LogP) is 6.76. The Hall–Kier alpha value is -3.28. The Labute approximate surface area is 260 Å². The van der Waals surface area contributed by atoms with E-state index in [4.69, 9.17) is 14.5 Å². The Kier molecular flexibility index (Phi) is 11.2. The summed E-state index contributed by atoms with van der Waals surface area (Å²) in [6.45, 7) is 2.14. The van der Waals surface area contributed by atoms with Crippen LogP contribution in [0.5, 0.6) is 0 Å². The number of anilines is 1. The number of aliphatic hydroxyl groups is 1.